The highest BCUT2D eigenvalue weighted by molar-refractivity contribution is 7.17. The van der Waals surface area contributed by atoms with Gasteiger partial charge in [-0.2, -0.15) is 0 Å². The fourth-order valence-electron chi connectivity index (χ4n) is 2.79. The van der Waals surface area contributed by atoms with Crippen LogP contribution < -0.4 is 10.1 Å². The number of nitrogens with zero attached hydrogens (tertiary/aromatic N) is 1. The van der Waals surface area contributed by atoms with Gasteiger partial charge < -0.3 is 20.1 Å². The van der Waals surface area contributed by atoms with Crippen LogP contribution in [0.5, 0.6) is 5.75 Å². The lowest BCUT2D eigenvalue weighted by Crippen LogP contribution is -2.26. The van der Waals surface area contributed by atoms with Crippen LogP contribution in [0.1, 0.15) is 31.2 Å². The molecule has 1 aliphatic rings. The number of carbonyl (C=O) groups is 2. The van der Waals surface area contributed by atoms with Crippen LogP contribution in [0.25, 0.3) is 0 Å². The Labute approximate surface area is 143 Å². The molecule has 1 aromatic heterocycles. The lowest BCUT2D eigenvalue weighted by atomic mass is 10.0. The number of hydrogen-bond acceptors (Lipinski definition) is 5. The van der Waals surface area contributed by atoms with Gasteiger partial charge in [0, 0.05) is 23.5 Å². The number of carboxylic acid groups (broad SMARTS) is 1. The standard InChI is InChI=1S/C17H18N2O4S/c1-19-7-6-12-13(9-19)24-16(14(12)17(21)22)18-15(20)10-4-3-5-11(8-10)23-2/h3-5,8H,6-7,9H2,1-2H3,(H,18,20)(H,21,22). The second-order valence-corrected chi connectivity index (χ2v) is 6.79. The number of rotatable bonds is 4. The molecule has 2 N–H and O–H groups in total. The van der Waals surface area contributed by atoms with Crippen molar-refractivity contribution in [2.45, 2.75) is 13.0 Å². The zero-order valence-electron chi connectivity index (χ0n) is 13.5. The number of aromatic carboxylic acids is 1. The van der Waals surface area contributed by atoms with Crippen molar-refractivity contribution in [2.24, 2.45) is 0 Å². The Morgan fingerprint density at radius 1 is 1.38 bits per heavy atom. The van der Waals surface area contributed by atoms with Gasteiger partial charge in [0.05, 0.1) is 12.7 Å². The van der Waals surface area contributed by atoms with E-state index in [1.807, 2.05) is 7.05 Å². The summed E-state index contributed by atoms with van der Waals surface area (Å²) in [4.78, 5) is 27.3. The lowest BCUT2D eigenvalue weighted by Gasteiger charge is -2.22. The largest absolute Gasteiger partial charge is 0.497 e. The van der Waals surface area contributed by atoms with Gasteiger partial charge in [0.25, 0.3) is 5.91 Å². The molecule has 0 fully saturated rings. The molecule has 0 saturated heterocycles. The zero-order chi connectivity index (χ0) is 17.3. The van der Waals surface area contributed by atoms with Crippen LogP contribution >= 0.6 is 11.3 Å². The minimum atomic E-state index is -1.00. The number of carboxylic acids is 1. The quantitative estimate of drug-likeness (QED) is 0.890. The van der Waals surface area contributed by atoms with E-state index in [4.69, 9.17) is 4.74 Å². The highest BCUT2D eigenvalue weighted by atomic mass is 32.1. The summed E-state index contributed by atoms with van der Waals surface area (Å²) in [5.74, 6) is -0.769. The van der Waals surface area contributed by atoms with Crippen LogP contribution in [-0.2, 0) is 13.0 Å². The molecule has 1 aromatic carbocycles. The highest BCUT2D eigenvalue weighted by Gasteiger charge is 2.27. The maximum absolute atomic E-state index is 12.5. The first kappa shape index (κ1) is 16.5. The van der Waals surface area contributed by atoms with E-state index in [0.717, 1.165) is 17.0 Å². The maximum atomic E-state index is 12.5. The van der Waals surface area contributed by atoms with Crippen molar-refractivity contribution in [3.8, 4) is 5.75 Å². The minimum Gasteiger partial charge on any atom is -0.497 e. The zero-order valence-corrected chi connectivity index (χ0v) is 14.3. The Morgan fingerprint density at radius 3 is 2.88 bits per heavy atom. The van der Waals surface area contributed by atoms with Crippen LogP contribution in [0.15, 0.2) is 24.3 Å². The number of likely N-dealkylation sites (N-methyl/N-ethyl adjacent to an activating group) is 1. The normalized spacial score (nSPS) is 14.1. The topological polar surface area (TPSA) is 78.9 Å². The van der Waals surface area contributed by atoms with Crippen molar-refractivity contribution in [2.75, 3.05) is 26.0 Å². The van der Waals surface area contributed by atoms with Gasteiger partial charge in [-0.05, 0) is 37.2 Å². The number of amides is 1. The van der Waals surface area contributed by atoms with Crippen LogP contribution in [-0.4, -0.2) is 42.6 Å². The first-order valence-electron chi connectivity index (χ1n) is 7.51. The van der Waals surface area contributed by atoms with Gasteiger partial charge >= 0.3 is 5.97 Å². The molecule has 2 aromatic rings. The first-order chi connectivity index (χ1) is 11.5. The summed E-state index contributed by atoms with van der Waals surface area (Å²) in [5.41, 5.74) is 1.49. The average molecular weight is 346 g/mol. The number of ether oxygens (including phenoxy) is 1. The summed E-state index contributed by atoms with van der Waals surface area (Å²) >= 11 is 1.34. The summed E-state index contributed by atoms with van der Waals surface area (Å²) in [5, 5.41) is 12.7. The van der Waals surface area contributed by atoms with Gasteiger partial charge in [-0.1, -0.05) is 6.07 Å². The van der Waals surface area contributed by atoms with E-state index >= 15 is 0 Å². The molecule has 0 aliphatic carbocycles. The molecule has 0 radical (unpaired) electrons. The predicted octanol–water partition coefficient (Wildman–Crippen LogP) is 2.70. The van der Waals surface area contributed by atoms with Crippen LogP contribution in [0.4, 0.5) is 5.00 Å². The Hall–Kier alpha value is -2.38. The van der Waals surface area contributed by atoms with Gasteiger partial charge in [-0.3, -0.25) is 4.79 Å². The smallest absolute Gasteiger partial charge is 0.339 e. The summed E-state index contributed by atoms with van der Waals surface area (Å²) in [6.45, 7) is 1.52. The van der Waals surface area contributed by atoms with Gasteiger partial charge in [-0.15, -0.1) is 11.3 Å². The molecule has 1 aliphatic heterocycles. The summed E-state index contributed by atoms with van der Waals surface area (Å²) < 4.78 is 5.12. The lowest BCUT2D eigenvalue weighted by molar-refractivity contribution is 0.0696. The Kier molecular flexibility index (Phi) is 4.55. The Bertz CT molecular complexity index is 800. The maximum Gasteiger partial charge on any atom is 0.339 e. The van der Waals surface area contributed by atoms with Crippen LogP contribution in [0.3, 0.4) is 0 Å². The number of benzene rings is 1. The van der Waals surface area contributed by atoms with Crippen LogP contribution in [0.2, 0.25) is 0 Å². The second-order valence-electron chi connectivity index (χ2n) is 5.69. The van der Waals surface area contributed by atoms with Gasteiger partial charge in [0.15, 0.2) is 0 Å². The van der Waals surface area contributed by atoms with Gasteiger partial charge in [0.1, 0.15) is 10.8 Å². The number of methoxy groups -OCH3 is 1. The van der Waals surface area contributed by atoms with Crippen molar-refractivity contribution < 1.29 is 19.4 Å². The van der Waals surface area contributed by atoms with E-state index < -0.39 is 5.97 Å². The fraction of sp³-hybridized carbons (Fsp3) is 0.294. The number of nitrogens with one attached hydrogen (secondary N) is 1. The number of carbonyl (C=O) groups excluding carboxylic acids is 1. The molecule has 3 rings (SSSR count). The average Bonchev–Trinajstić information content (AvgIpc) is 2.91. The molecular weight excluding hydrogens is 328 g/mol. The molecule has 0 saturated carbocycles. The van der Waals surface area contributed by atoms with E-state index in [2.05, 4.69) is 10.2 Å². The molecule has 6 nitrogen and oxygen atoms in total. The number of thiophene rings is 1. The molecule has 7 heteroatoms. The van der Waals surface area contributed by atoms with E-state index in [1.54, 1.807) is 24.3 Å². The number of hydrogen-bond donors (Lipinski definition) is 2. The Balaban J connectivity index is 1.92. The van der Waals surface area contributed by atoms with Crippen molar-refractivity contribution in [3.05, 3.63) is 45.8 Å². The highest BCUT2D eigenvalue weighted by Crippen LogP contribution is 2.37. The molecule has 24 heavy (non-hydrogen) atoms. The van der Waals surface area contributed by atoms with Crippen molar-refractivity contribution in [3.63, 3.8) is 0 Å². The number of fused-ring (bicyclic) bond motifs is 1. The molecule has 0 spiro atoms. The summed E-state index contributed by atoms with van der Waals surface area (Å²) in [6, 6.07) is 6.76. The fourth-order valence-corrected chi connectivity index (χ4v) is 4.10. The molecule has 126 valence electrons. The SMILES string of the molecule is COc1cccc(C(=O)Nc2sc3c(c2C(=O)O)CCN(C)C3)c1. The molecule has 1 amide bonds. The first-order valence-corrected chi connectivity index (χ1v) is 8.33. The predicted molar refractivity (Wildman–Crippen MR) is 92.3 cm³/mol. The van der Waals surface area contributed by atoms with Crippen molar-refractivity contribution >= 4 is 28.2 Å². The van der Waals surface area contributed by atoms with Gasteiger partial charge in [-0.25, -0.2) is 4.79 Å². The molecule has 0 atom stereocenters. The van der Waals surface area contributed by atoms with Crippen molar-refractivity contribution in [1.29, 1.82) is 0 Å². The van der Waals surface area contributed by atoms with Crippen molar-refractivity contribution in [1.82, 2.24) is 4.90 Å². The van der Waals surface area contributed by atoms with E-state index in [9.17, 15) is 14.7 Å². The monoisotopic (exact) mass is 346 g/mol. The van der Waals surface area contributed by atoms with Crippen LogP contribution in [0, 0.1) is 0 Å². The summed E-state index contributed by atoms with van der Waals surface area (Å²) in [6.07, 6.45) is 0.680. The second kappa shape index (κ2) is 6.62. The Morgan fingerprint density at radius 2 is 2.17 bits per heavy atom. The van der Waals surface area contributed by atoms with E-state index in [1.165, 1.54) is 18.4 Å². The molecule has 0 bridgehead atoms. The third-order valence-electron chi connectivity index (χ3n) is 4.02. The molecular formula is C17H18N2O4S. The van der Waals surface area contributed by atoms with E-state index in [0.29, 0.717) is 29.3 Å². The minimum absolute atomic E-state index is 0.222. The van der Waals surface area contributed by atoms with Gasteiger partial charge in [0.2, 0.25) is 0 Å². The molecule has 0 unspecified atom stereocenters. The van der Waals surface area contributed by atoms with E-state index in [-0.39, 0.29) is 11.5 Å². The third kappa shape index (κ3) is 3.13. The third-order valence-corrected chi connectivity index (χ3v) is 5.15. The summed E-state index contributed by atoms with van der Waals surface area (Å²) in [7, 11) is 3.53. The molecule has 2 heterocycles. The number of anilines is 1.